The van der Waals surface area contributed by atoms with Crippen LogP contribution in [0.2, 0.25) is 0 Å². The van der Waals surface area contributed by atoms with E-state index in [0.29, 0.717) is 11.9 Å². The molecule has 0 bridgehead atoms. The summed E-state index contributed by atoms with van der Waals surface area (Å²) >= 11 is 3.55. The lowest BCUT2D eigenvalue weighted by Gasteiger charge is -2.47. The van der Waals surface area contributed by atoms with Gasteiger partial charge in [-0.05, 0) is 43.5 Å². The molecule has 1 saturated heterocycles. The third-order valence-corrected chi connectivity index (χ3v) is 5.13. The first-order chi connectivity index (χ1) is 9.67. The van der Waals surface area contributed by atoms with Crippen molar-refractivity contribution in [2.24, 2.45) is 16.6 Å². The summed E-state index contributed by atoms with van der Waals surface area (Å²) in [6.45, 7) is 5.14. The Kier molecular flexibility index (Phi) is 3.73. The number of nitrogens with two attached hydrogens (primary N) is 1. The molecule has 0 radical (unpaired) electrons. The first kappa shape index (κ1) is 13.9. The molecule has 3 rings (SSSR count). The number of rotatable bonds is 2. The zero-order valence-corrected chi connectivity index (χ0v) is 13.4. The molecule has 0 saturated carbocycles. The van der Waals surface area contributed by atoms with E-state index >= 15 is 0 Å². The number of aliphatic imine (C=N–C) groups is 1. The Morgan fingerprint density at radius 1 is 1.55 bits per heavy atom. The van der Waals surface area contributed by atoms with Gasteiger partial charge in [0.2, 0.25) is 0 Å². The summed E-state index contributed by atoms with van der Waals surface area (Å²) in [5.74, 6) is 1.23. The van der Waals surface area contributed by atoms with Crippen molar-refractivity contribution in [2.45, 2.75) is 25.3 Å². The Morgan fingerprint density at radius 3 is 3.15 bits per heavy atom. The van der Waals surface area contributed by atoms with Crippen molar-refractivity contribution in [2.75, 3.05) is 24.5 Å². The van der Waals surface area contributed by atoms with E-state index in [1.807, 2.05) is 6.07 Å². The Bertz CT molecular complexity index is 530. The zero-order chi connectivity index (χ0) is 14.2. The molecular weight excluding hydrogens is 316 g/mol. The van der Waals surface area contributed by atoms with Crippen LogP contribution in [0, 0.1) is 5.92 Å². The number of guanidine groups is 1. The van der Waals surface area contributed by atoms with Gasteiger partial charge in [0.15, 0.2) is 5.96 Å². The third kappa shape index (κ3) is 2.13. The smallest absolute Gasteiger partial charge is 0.196 e. The topological polar surface area (TPSA) is 53.6 Å². The molecule has 2 unspecified atom stereocenters. The summed E-state index contributed by atoms with van der Waals surface area (Å²) in [4.78, 5) is 6.85. The maximum atomic E-state index is 6.22. The van der Waals surface area contributed by atoms with Gasteiger partial charge in [-0.15, -0.1) is 0 Å². The summed E-state index contributed by atoms with van der Waals surface area (Å²) in [7, 11) is 0. The fraction of sp³-hybridized carbons (Fsp3) is 0.533. The van der Waals surface area contributed by atoms with E-state index in [-0.39, 0.29) is 5.54 Å². The van der Waals surface area contributed by atoms with Crippen LogP contribution in [0.25, 0.3) is 0 Å². The molecule has 4 nitrogen and oxygen atoms in total. The lowest BCUT2D eigenvalue weighted by molar-refractivity contribution is 0.217. The number of hydrogen-bond donors (Lipinski definition) is 2. The minimum atomic E-state index is 0.0465. The molecule has 5 heteroatoms. The van der Waals surface area contributed by atoms with Crippen molar-refractivity contribution >= 4 is 27.6 Å². The summed E-state index contributed by atoms with van der Waals surface area (Å²) in [6, 6.07) is 8.35. The standard InChI is InChI=1S/C15H21BrN4/c1-2-11-9-18-7-6-15(11)10-19-14(17)20(15)13-5-3-4-12(16)8-13/h3-5,8,11,18H,2,6-7,9-10H2,1H3,(H2,17,19). The Morgan fingerprint density at radius 2 is 2.40 bits per heavy atom. The van der Waals surface area contributed by atoms with Gasteiger partial charge in [-0.2, -0.15) is 0 Å². The fourth-order valence-corrected chi connectivity index (χ4v) is 3.98. The van der Waals surface area contributed by atoms with E-state index in [4.69, 9.17) is 5.73 Å². The SMILES string of the molecule is CCC1CNCCC12CN=C(N)N2c1cccc(Br)c1. The van der Waals surface area contributed by atoms with Crippen LogP contribution in [-0.2, 0) is 0 Å². The number of hydrogen-bond acceptors (Lipinski definition) is 4. The lowest BCUT2D eigenvalue weighted by atomic mass is 9.76. The van der Waals surface area contributed by atoms with Gasteiger partial charge in [0.1, 0.15) is 0 Å². The highest BCUT2D eigenvalue weighted by atomic mass is 79.9. The van der Waals surface area contributed by atoms with E-state index in [2.05, 4.69) is 56.3 Å². The molecule has 2 aliphatic rings. The van der Waals surface area contributed by atoms with Gasteiger partial charge >= 0.3 is 0 Å². The molecule has 2 heterocycles. The van der Waals surface area contributed by atoms with Gasteiger partial charge in [0.05, 0.1) is 12.1 Å². The van der Waals surface area contributed by atoms with Gasteiger partial charge in [0, 0.05) is 16.7 Å². The van der Waals surface area contributed by atoms with Gasteiger partial charge in [-0.3, -0.25) is 4.99 Å². The van der Waals surface area contributed by atoms with Gasteiger partial charge < -0.3 is 16.0 Å². The molecule has 1 spiro atoms. The molecular formula is C15H21BrN4. The molecule has 3 N–H and O–H groups in total. The van der Waals surface area contributed by atoms with Crippen molar-refractivity contribution in [1.82, 2.24) is 5.32 Å². The highest BCUT2D eigenvalue weighted by Crippen LogP contribution is 2.40. The second-order valence-corrected chi connectivity index (χ2v) is 6.57. The molecule has 1 aromatic carbocycles. The molecule has 0 amide bonds. The summed E-state index contributed by atoms with van der Waals surface area (Å²) in [5, 5.41) is 3.51. The predicted molar refractivity (Wildman–Crippen MR) is 87.1 cm³/mol. The highest BCUT2D eigenvalue weighted by Gasteiger charge is 2.49. The van der Waals surface area contributed by atoms with Gasteiger partial charge in [-0.25, -0.2) is 0 Å². The second kappa shape index (κ2) is 5.37. The normalized spacial score (nSPS) is 29.8. The van der Waals surface area contributed by atoms with Crippen LogP contribution in [0.4, 0.5) is 5.69 Å². The number of nitrogens with zero attached hydrogens (tertiary/aromatic N) is 2. The van der Waals surface area contributed by atoms with Gasteiger partial charge in [0.25, 0.3) is 0 Å². The van der Waals surface area contributed by atoms with E-state index in [1.165, 1.54) is 0 Å². The Labute approximate surface area is 128 Å². The lowest BCUT2D eigenvalue weighted by Crippen LogP contribution is -2.62. The fourth-order valence-electron chi connectivity index (χ4n) is 3.59. The molecule has 2 atom stereocenters. The van der Waals surface area contributed by atoms with E-state index in [0.717, 1.165) is 42.6 Å². The van der Waals surface area contributed by atoms with Crippen molar-refractivity contribution in [1.29, 1.82) is 0 Å². The molecule has 0 aliphatic carbocycles. The number of piperidine rings is 1. The largest absolute Gasteiger partial charge is 0.369 e. The van der Waals surface area contributed by atoms with Crippen LogP contribution in [-0.4, -0.2) is 31.1 Å². The van der Waals surface area contributed by atoms with Crippen molar-refractivity contribution < 1.29 is 0 Å². The minimum absolute atomic E-state index is 0.0465. The first-order valence-electron chi connectivity index (χ1n) is 7.24. The monoisotopic (exact) mass is 336 g/mol. The predicted octanol–water partition coefficient (Wildman–Crippen LogP) is 2.34. The van der Waals surface area contributed by atoms with Crippen molar-refractivity contribution in [3.05, 3.63) is 28.7 Å². The third-order valence-electron chi connectivity index (χ3n) is 4.63. The highest BCUT2D eigenvalue weighted by molar-refractivity contribution is 9.10. The number of anilines is 1. The van der Waals surface area contributed by atoms with Crippen LogP contribution in [0.3, 0.4) is 0 Å². The number of benzene rings is 1. The average Bonchev–Trinajstić information content (AvgIpc) is 2.77. The van der Waals surface area contributed by atoms with E-state index in [1.54, 1.807) is 0 Å². The summed E-state index contributed by atoms with van der Waals surface area (Å²) in [6.07, 6.45) is 2.22. The molecule has 20 heavy (non-hydrogen) atoms. The summed E-state index contributed by atoms with van der Waals surface area (Å²) in [5.41, 5.74) is 7.41. The summed E-state index contributed by atoms with van der Waals surface area (Å²) < 4.78 is 1.08. The maximum absolute atomic E-state index is 6.22. The second-order valence-electron chi connectivity index (χ2n) is 5.65. The first-order valence-corrected chi connectivity index (χ1v) is 8.03. The van der Waals surface area contributed by atoms with Crippen LogP contribution < -0.4 is 16.0 Å². The van der Waals surface area contributed by atoms with E-state index in [9.17, 15) is 0 Å². The Hall–Kier alpha value is -1.07. The van der Waals surface area contributed by atoms with Crippen molar-refractivity contribution in [3.63, 3.8) is 0 Å². The van der Waals surface area contributed by atoms with Crippen LogP contribution >= 0.6 is 15.9 Å². The van der Waals surface area contributed by atoms with E-state index < -0.39 is 0 Å². The van der Waals surface area contributed by atoms with Crippen LogP contribution in [0.15, 0.2) is 33.7 Å². The van der Waals surface area contributed by atoms with Gasteiger partial charge in [-0.1, -0.05) is 28.9 Å². The number of halogens is 1. The molecule has 1 fully saturated rings. The molecule has 2 aliphatic heterocycles. The average molecular weight is 337 g/mol. The van der Waals surface area contributed by atoms with Crippen molar-refractivity contribution in [3.8, 4) is 0 Å². The zero-order valence-electron chi connectivity index (χ0n) is 11.8. The van der Waals surface area contributed by atoms with Crippen LogP contribution in [0.5, 0.6) is 0 Å². The van der Waals surface area contributed by atoms with Crippen LogP contribution in [0.1, 0.15) is 19.8 Å². The molecule has 108 valence electrons. The molecule has 1 aromatic rings. The number of nitrogens with one attached hydrogen (secondary N) is 1. The molecule has 0 aromatic heterocycles. The maximum Gasteiger partial charge on any atom is 0.196 e. The minimum Gasteiger partial charge on any atom is -0.369 e. The Balaban J connectivity index is 2.03. The quantitative estimate of drug-likeness (QED) is 0.871.